The minimum absolute atomic E-state index is 0.0372. The van der Waals surface area contributed by atoms with Gasteiger partial charge in [-0.2, -0.15) is 0 Å². The minimum Gasteiger partial charge on any atom is -0.289 e. The van der Waals surface area contributed by atoms with E-state index in [9.17, 15) is 4.79 Å². The molecule has 3 heteroatoms. The highest BCUT2D eigenvalue weighted by molar-refractivity contribution is 9.11. The molecule has 2 aromatic carbocycles. The Morgan fingerprint density at radius 3 is 2.19 bits per heavy atom. The number of ketones is 1. The van der Waals surface area contributed by atoms with Crippen LogP contribution in [-0.4, -0.2) is 5.78 Å². The van der Waals surface area contributed by atoms with Crippen molar-refractivity contribution in [2.75, 3.05) is 0 Å². The van der Waals surface area contributed by atoms with Gasteiger partial charge in [-0.15, -0.1) is 0 Å². The van der Waals surface area contributed by atoms with Crippen LogP contribution in [0.5, 0.6) is 0 Å². The summed E-state index contributed by atoms with van der Waals surface area (Å²) in [6, 6.07) is 13.6. The summed E-state index contributed by atoms with van der Waals surface area (Å²) in [7, 11) is 0. The summed E-state index contributed by atoms with van der Waals surface area (Å²) in [5.74, 6) is 0.0372. The van der Waals surface area contributed by atoms with E-state index in [0.717, 1.165) is 15.4 Å². The molecule has 0 amide bonds. The van der Waals surface area contributed by atoms with Gasteiger partial charge in [0.25, 0.3) is 0 Å². The molecule has 0 atom stereocenters. The maximum atomic E-state index is 12.6. The molecule has 0 heterocycles. The van der Waals surface area contributed by atoms with Crippen LogP contribution in [0.25, 0.3) is 0 Å². The summed E-state index contributed by atoms with van der Waals surface area (Å²) in [4.78, 5) is 12.6. The fourth-order valence-electron chi connectivity index (χ4n) is 2.11. The van der Waals surface area contributed by atoms with E-state index < -0.39 is 0 Å². The van der Waals surface area contributed by atoms with Gasteiger partial charge in [-0.05, 0) is 51.5 Å². The summed E-state index contributed by atoms with van der Waals surface area (Å²) < 4.78 is 1.76. The Kier molecular flexibility index (Phi) is 5.05. The number of hydrogen-bond acceptors (Lipinski definition) is 1. The number of hydrogen-bond donors (Lipinski definition) is 0. The van der Waals surface area contributed by atoms with Crippen molar-refractivity contribution in [2.24, 2.45) is 0 Å². The molecule has 2 aromatic rings. The molecule has 21 heavy (non-hydrogen) atoms. The summed E-state index contributed by atoms with van der Waals surface area (Å²) in [5, 5.41) is 0. The monoisotopic (exact) mass is 408 g/mol. The average molecular weight is 410 g/mol. The Bertz CT molecular complexity index is 657. The van der Waals surface area contributed by atoms with E-state index in [1.54, 1.807) is 0 Å². The Balaban J connectivity index is 2.32. The van der Waals surface area contributed by atoms with E-state index in [-0.39, 0.29) is 11.2 Å². The largest absolute Gasteiger partial charge is 0.289 e. The van der Waals surface area contributed by atoms with Crippen molar-refractivity contribution in [1.29, 1.82) is 0 Å². The molecule has 2 rings (SSSR count). The second-order valence-electron chi connectivity index (χ2n) is 5.77. The molecule has 0 unspecified atom stereocenters. The molecule has 0 aliphatic rings. The lowest BCUT2D eigenvalue weighted by Crippen LogP contribution is -2.15. The topological polar surface area (TPSA) is 17.1 Å². The van der Waals surface area contributed by atoms with E-state index in [1.165, 1.54) is 5.56 Å². The van der Waals surface area contributed by atoms with Gasteiger partial charge >= 0.3 is 0 Å². The van der Waals surface area contributed by atoms with Crippen LogP contribution in [0, 0.1) is 0 Å². The summed E-state index contributed by atoms with van der Waals surface area (Å²) in [6.07, 6.45) is 1.07. The smallest absolute Gasteiger partial charge is 0.194 e. The number of carbonyl (C=O) groups excluding carboxylic acids is 1. The molecule has 0 aromatic heterocycles. The highest BCUT2D eigenvalue weighted by atomic mass is 79.9. The summed E-state index contributed by atoms with van der Waals surface area (Å²) in [5.41, 5.74) is 2.80. The minimum atomic E-state index is 0.0372. The number of benzene rings is 2. The van der Waals surface area contributed by atoms with E-state index >= 15 is 0 Å². The van der Waals surface area contributed by atoms with Crippen LogP contribution in [0.2, 0.25) is 0 Å². The normalized spacial score (nSPS) is 11.5. The second-order valence-corrected chi connectivity index (χ2v) is 7.54. The van der Waals surface area contributed by atoms with Crippen LogP contribution < -0.4 is 0 Å². The lowest BCUT2D eigenvalue weighted by molar-refractivity contribution is 0.103. The quantitative estimate of drug-likeness (QED) is 0.555. The molecule has 0 N–H and O–H groups in total. The average Bonchev–Trinajstić information content (AvgIpc) is 2.47. The number of halogens is 2. The summed E-state index contributed by atoms with van der Waals surface area (Å²) >= 11 is 6.85. The van der Waals surface area contributed by atoms with Gasteiger partial charge in [0, 0.05) is 20.1 Å². The maximum absolute atomic E-state index is 12.6. The van der Waals surface area contributed by atoms with Crippen LogP contribution in [0.3, 0.4) is 0 Å². The lowest BCUT2D eigenvalue weighted by atomic mass is 9.82. The van der Waals surface area contributed by atoms with Crippen molar-refractivity contribution in [2.45, 2.75) is 32.6 Å². The van der Waals surface area contributed by atoms with E-state index in [4.69, 9.17) is 0 Å². The molecule has 110 valence electrons. The van der Waals surface area contributed by atoms with Gasteiger partial charge in [-0.3, -0.25) is 4.79 Å². The van der Waals surface area contributed by atoms with E-state index in [1.807, 2.05) is 30.3 Å². The first kappa shape index (κ1) is 16.4. The lowest BCUT2D eigenvalue weighted by Gasteiger charge is -2.23. The third-order valence-electron chi connectivity index (χ3n) is 3.99. The Hall–Kier alpha value is -0.930. The highest BCUT2D eigenvalue weighted by Crippen LogP contribution is 2.28. The van der Waals surface area contributed by atoms with Gasteiger partial charge in [-0.1, -0.05) is 61.0 Å². The molecule has 0 spiro atoms. The molecule has 0 aliphatic heterocycles. The van der Waals surface area contributed by atoms with Crippen molar-refractivity contribution in [3.05, 3.63) is 68.1 Å². The van der Waals surface area contributed by atoms with Crippen molar-refractivity contribution < 1.29 is 4.79 Å². The fraction of sp³-hybridized carbons (Fsp3) is 0.278. The van der Waals surface area contributed by atoms with Crippen LogP contribution in [0.15, 0.2) is 51.4 Å². The third-order valence-corrected chi connectivity index (χ3v) is 5.14. The number of carbonyl (C=O) groups is 1. The molecule has 0 bridgehead atoms. The van der Waals surface area contributed by atoms with Crippen molar-refractivity contribution in [3.8, 4) is 0 Å². The predicted octanol–water partition coefficient (Wildman–Crippen LogP) is 6.13. The molecule has 0 saturated heterocycles. The first-order valence-corrected chi connectivity index (χ1v) is 8.54. The molecular formula is C18H18Br2O. The zero-order valence-electron chi connectivity index (χ0n) is 12.4. The van der Waals surface area contributed by atoms with Crippen LogP contribution in [0.1, 0.15) is 48.7 Å². The van der Waals surface area contributed by atoms with Crippen molar-refractivity contribution in [3.63, 3.8) is 0 Å². The third kappa shape index (κ3) is 3.64. The van der Waals surface area contributed by atoms with Crippen LogP contribution in [0.4, 0.5) is 0 Å². The maximum Gasteiger partial charge on any atom is 0.194 e. The zero-order valence-corrected chi connectivity index (χ0v) is 15.6. The first-order valence-electron chi connectivity index (χ1n) is 6.95. The standard InChI is InChI=1S/C18H18Br2O/c1-4-18(2,3)13-7-5-12(6-8-13)17(21)15-10-9-14(19)11-16(15)20/h5-11H,4H2,1-3H3. The van der Waals surface area contributed by atoms with Crippen LogP contribution in [-0.2, 0) is 5.41 Å². The van der Waals surface area contributed by atoms with Gasteiger partial charge < -0.3 is 0 Å². The summed E-state index contributed by atoms with van der Waals surface area (Å²) in [6.45, 7) is 6.61. The molecule has 1 nitrogen and oxygen atoms in total. The van der Waals surface area contributed by atoms with Gasteiger partial charge in [0.05, 0.1) is 0 Å². The SMILES string of the molecule is CCC(C)(C)c1ccc(C(=O)c2ccc(Br)cc2Br)cc1. The Labute approximate surface area is 143 Å². The van der Waals surface area contributed by atoms with E-state index in [0.29, 0.717) is 11.1 Å². The van der Waals surface area contributed by atoms with Gasteiger partial charge in [0.1, 0.15) is 0 Å². The van der Waals surface area contributed by atoms with Crippen molar-refractivity contribution >= 4 is 37.6 Å². The fourth-order valence-corrected chi connectivity index (χ4v) is 3.33. The molecule has 0 aliphatic carbocycles. The molecule has 0 radical (unpaired) electrons. The number of rotatable bonds is 4. The molecular weight excluding hydrogens is 392 g/mol. The molecule has 0 saturated carbocycles. The van der Waals surface area contributed by atoms with E-state index in [2.05, 4.69) is 64.8 Å². The second kappa shape index (κ2) is 6.45. The van der Waals surface area contributed by atoms with Crippen LogP contribution >= 0.6 is 31.9 Å². The Morgan fingerprint density at radius 2 is 1.67 bits per heavy atom. The Morgan fingerprint density at radius 1 is 1.05 bits per heavy atom. The molecule has 0 fully saturated rings. The predicted molar refractivity (Wildman–Crippen MR) is 95.0 cm³/mol. The highest BCUT2D eigenvalue weighted by Gasteiger charge is 2.19. The first-order chi connectivity index (χ1) is 9.85. The van der Waals surface area contributed by atoms with Crippen molar-refractivity contribution in [1.82, 2.24) is 0 Å². The van der Waals surface area contributed by atoms with Gasteiger partial charge in [0.15, 0.2) is 5.78 Å². The van der Waals surface area contributed by atoms with Gasteiger partial charge in [-0.25, -0.2) is 0 Å². The zero-order chi connectivity index (χ0) is 15.6. The van der Waals surface area contributed by atoms with Gasteiger partial charge in [0.2, 0.25) is 0 Å².